The molecule has 28 heavy (non-hydrogen) atoms. The summed E-state index contributed by atoms with van der Waals surface area (Å²) in [6.07, 6.45) is 0. The van der Waals surface area contributed by atoms with Crippen molar-refractivity contribution in [1.82, 2.24) is 25.8 Å². The molecule has 0 spiro atoms. The van der Waals surface area contributed by atoms with Crippen LogP contribution in [0.3, 0.4) is 0 Å². The minimum absolute atomic E-state index is 0.0447. The van der Waals surface area contributed by atoms with Crippen LogP contribution in [-0.2, 0) is 11.3 Å². The lowest BCUT2D eigenvalue weighted by molar-refractivity contribution is 0.0389. The third kappa shape index (κ3) is 8.24. The van der Waals surface area contributed by atoms with Gasteiger partial charge in [-0.15, -0.1) is 0 Å². The van der Waals surface area contributed by atoms with Crippen molar-refractivity contribution in [3.63, 3.8) is 0 Å². The molecule has 3 N–H and O–H groups in total. The number of likely N-dealkylation sites (N-methyl/N-ethyl adjacent to an activating group) is 1. The monoisotopic (exact) mass is 390 g/mol. The van der Waals surface area contributed by atoms with Crippen LogP contribution in [0.2, 0.25) is 0 Å². The van der Waals surface area contributed by atoms with E-state index >= 15 is 0 Å². The van der Waals surface area contributed by atoms with Gasteiger partial charge in [-0.1, -0.05) is 12.1 Å². The molecule has 0 unspecified atom stereocenters. The highest BCUT2D eigenvalue weighted by Crippen LogP contribution is 2.05. The smallest absolute Gasteiger partial charge is 0.251 e. The number of hydrogen-bond acceptors (Lipinski definition) is 5. The van der Waals surface area contributed by atoms with E-state index in [0.29, 0.717) is 18.7 Å². The molecule has 1 heterocycles. The van der Waals surface area contributed by atoms with E-state index in [4.69, 9.17) is 4.74 Å². The van der Waals surface area contributed by atoms with Crippen molar-refractivity contribution in [3.8, 4) is 0 Å². The summed E-state index contributed by atoms with van der Waals surface area (Å²) in [5.74, 6) is 0.714. The third-order valence-corrected chi connectivity index (χ3v) is 4.54. The molecule has 8 heteroatoms. The SMILES string of the molecule is CN=C(NCCN1CCOCC1)NCc1cccc(C(=O)NCCN(C)C)c1. The number of carbonyl (C=O) groups is 1. The average molecular weight is 391 g/mol. The minimum Gasteiger partial charge on any atom is -0.379 e. The molecule has 1 aromatic carbocycles. The molecule has 1 aliphatic heterocycles. The highest BCUT2D eigenvalue weighted by molar-refractivity contribution is 5.94. The Labute approximate surface area is 168 Å². The molecule has 1 amide bonds. The first-order valence-electron chi connectivity index (χ1n) is 9.85. The van der Waals surface area contributed by atoms with E-state index in [2.05, 4.69) is 25.8 Å². The fraction of sp³-hybridized carbons (Fsp3) is 0.600. The van der Waals surface area contributed by atoms with Crippen LogP contribution in [-0.4, -0.2) is 95.3 Å². The van der Waals surface area contributed by atoms with E-state index in [1.165, 1.54) is 0 Å². The lowest BCUT2D eigenvalue weighted by Gasteiger charge is -2.26. The highest BCUT2D eigenvalue weighted by Gasteiger charge is 2.10. The molecule has 2 rings (SSSR count). The fourth-order valence-electron chi connectivity index (χ4n) is 2.88. The Morgan fingerprint density at radius 2 is 1.96 bits per heavy atom. The number of morpholine rings is 1. The van der Waals surface area contributed by atoms with E-state index < -0.39 is 0 Å². The van der Waals surface area contributed by atoms with Crippen molar-refractivity contribution in [1.29, 1.82) is 0 Å². The summed E-state index contributed by atoms with van der Waals surface area (Å²) in [6.45, 7) is 7.44. The molecule has 1 aliphatic rings. The number of aliphatic imine (C=N–C) groups is 1. The van der Waals surface area contributed by atoms with Gasteiger partial charge in [-0.05, 0) is 31.8 Å². The van der Waals surface area contributed by atoms with Gasteiger partial charge in [0.15, 0.2) is 5.96 Å². The molecular formula is C20H34N6O2. The zero-order valence-corrected chi connectivity index (χ0v) is 17.3. The number of carbonyl (C=O) groups excluding carboxylic acids is 1. The Morgan fingerprint density at radius 1 is 1.18 bits per heavy atom. The molecule has 1 saturated heterocycles. The number of ether oxygens (including phenoxy) is 1. The van der Waals surface area contributed by atoms with Crippen LogP contribution < -0.4 is 16.0 Å². The van der Waals surface area contributed by atoms with Crippen LogP contribution in [0.4, 0.5) is 0 Å². The number of guanidine groups is 1. The molecule has 0 aliphatic carbocycles. The Morgan fingerprint density at radius 3 is 2.68 bits per heavy atom. The summed E-state index contributed by atoms with van der Waals surface area (Å²) in [5, 5.41) is 9.58. The predicted molar refractivity (Wildman–Crippen MR) is 113 cm³/mol. The maximum atomic E-state index is 12.3. The van der Waals surface area contributed by atoms with E-state index in [9.17, 15) is 4.79 Å². The van der Waals surface area contributed by atoms with Gasteiger partial charge in [-0.25, -0.2) is 0 Å². The normalized spacial score (nSPS) is 15.5. The van der Waals surface area contributed by atoms with Crippen molar-refractivity contribution >= 4 is 11.9 Å². The zero-order chi connectivity index (χ0) is 20.2. The fourth-order valence-corrected chi connectivity index (χ4v) is 2.88. The summed E-state index contributed by atoms with van der Waals surface area (Å²) in [7, 11) is 5.74. The van der Waals surface area contributed by atoms with Gasteiger partial charge in [0.25, 0.3) is 5.91 Å². The molecule has 156 valence electrons. The van der Waals surface area contributed by atoms with Crippen molar-refractivity contribution in [2.24, 2.45) is 4.99 Å². The van der Waals surface area contributed by atoms with Gasteiger partial charge in [-0.2, -0.15) is 0 Å². The summed E-state index contributed by atoms with van der Waals surface area (Å²) in [4.78, 5) is 20.9. The van der Waals surface area contributed by atoms with Crippen LogP contribution in [0.15, 0.2) is 29.3 Å². The molecule has 0 bridgehead atoms. The van der Waals surface area contributed by atoms with Gasteiger partial charge in [-0.3, -0.25) is 14.7 Å². The van der Waals surface area contributed by atoms with E-state index in [1.54, 1.807) is 7.05 Å². The van der Waals surface area contributed by atoms with Crippen LogP contribution in [0, 0.1) is 0 Å². The van der Waals surface area contributed by atoms with Gasteiger partial charge in [0.1, 0.15) is 0 Å². The molecule has 1 fully saturated rings. The van der Waals surface area contributed by atoms with Crippen LogP contribution in [0.25, 0.3) is 0 Å². The number of amides is 1. The standard InChI is InChI=1S/C20H34N6O2/c1-21-20(23-8-10-26-11-13-28-14-12-26)24-16-17-5-4-6-18(15-17)19(27)22-7-9-25(2)3/h4-6,15H,7-14,16H2,1-3H3,(H,22,27)(H2,21,23,24). The Kier molecular flexibility index (Phi) is 9.74. The lowest BCUT2D eigenvalue weighted by Crippen LogP contribution is -2.44. The van der Waals surface area contributed by atoms with Gasteiger partial charge in [0.2, 0.25) is 0 Å². The topological polar surface area (TPSA) is 81.2 Å². The van der Waals surface area contributed by atoms with Gasteiger partial charge < -0.3 is 25.6 Å². The maximum absolute atomic E-state index is 12.3. The van der Waals surface area contributed by atoms with Crippen LogP contribution >= 0.6 is 0 Å². The molecule has 0 atom stereocenters. The second-order valence-corrected chi connectivity index (χ2v) is 7.07. The van der Waals surface area contributed by atoms with Gasteiger partial charge >= 0.3 is 0 Å². The van der Waals surface area contributed by atoms with Crippen molar-refractivity contribution in [2.75, 3.05) is 73.6 Å². The average Bonchev–Trinajstić information content (AvgIpc) is 2.71. The van der Waals surface area contributed by atoms with Gasteiger partial charge in [0.05, 0.1) is 13.2 Å². The Bertz CT molecular complexity index is 629. The Balaban J connectivity index is 1.74. The summed E-state index contributed by atoms with van der Waals surface area (Å²) < 4.78 is 5.37. The van der Waals surface area contributed by atoms with E-state index in [-0.39, 0.29) is 5.91 Å². The quantitative estimate of drug-likeness (QED) is 0.406. The maximum Gasteiger partial charge on any atom is 0.251 e. The number of rotatable bonds is 9. The first kappa shape index (κ1) is 22.1. The lowest BCUT2D eigenvalue weighted by atomic mass is 10.1. The number of benzene rings is 1. The van der Waals surface area contributed by atoms with E-state index in [1.807, 2.05) is 43.3 Å². The van der Waals surface area contributed by atoms with Crippen LogP contribution in [0.1, 0.15) is 15.9 Å². The van der Waals surface area contributed by atoms with Crippen molar-refractivity contribution < 1.29 is 9.53 Å². The molecular weight excluding hydrogens is 356 g/mol. The first-order valence-corrected chi connectivity index (χ1v) is 9.85. The van der Waals surface area contributed by atoms with E-state index in [0.717, 1.165) is 57.5 Å². The largest absolute Gasteiger partial charge is 0.379 e. The molecule has 0 radical (unpaired) electrons. The van der Waals surface area contributed by atoms with Gasteiger partial charge in [0, 0.05) is 58.4 Å². The summed E-state index contributed by atoms with van der Waals surface area (Å²) in [5.41, 5.74) is 1.71. The predicted octanol–water partition coefficient (Wildman–Crippen LogP) is -0.0248. The second kappa shape index (κ2) is 12.3. The first-order chi connectivity index (χ1) is 13.6. The molecule has 8 nitrogen and oxygen atoms in total. The second-order valence-electron chi connectivity index (χ2n) is 7.07. The Hall–Kier alpha value is -2.16. The van der Waals surface area contributed by atoms with Crippen molar-refractivity contribution in [2.45, 2.75) is 6.54 Å². The van der Waals surface area contributed by atoms with Crippen molar-refractivity contribution in [3.05, 3.63) is 35.4 Å². The zero-order valence-electron chi connectivity index (χ0n) is 17.3. The molecule has 1 aromatic rings. The van der Waals surface area contributed by atoms with Crippen LogP contribution in [0.5, 0.6) is 0 Å². The molecule has 0 saturated carbocycles. The number of hydrogen-bond donors (Lipinski definition) is 3. The molecule has 0 aromatic heterocycles. The third-order valence-electron chi connectivity index (χ3n) is 4.54. The summed E-state index contributed by atoms with van der Waals surface area (Å²) >= 11 is 0. The summed E-state index contributed by atoms with van der Waals surface area (Å²) in [6, 6.07) is 7.67. The minimum atomic E-state index is -0.0447. The number of nitrogens with one attached hydrogen (secondary N) is 3. The highest BCUT2D eigenvalue weighted by atomic mass is 16.5. The number of nitrogens with zero attached hydrogens (tertiary/aromatic N) is 3.